The lowest BCUT2D eigenvalue weighted by atomic mass is 10.1. The molecular formula is C15H14BrF3N2O2S. The predicted octanol–water partition coefficient (Wildman–Crippen LogP) is 3.99. The van der Waals surface area contributed by atoms with Gasteiger partial charge in [-0.15, -0.1) is 0 Å². The second-order valence-electron chi connectivity index (χ2n) is 4.86. The highest BCUT2D eigenvalue weighted by molar-refractivity contribution is 9.10. The lowest BCUT2D eigenvalue weighted by Gasteiger charge is -2.15. The molecule has 0 amide bonds. The van der Waals surface area contributed by atoms with Crippen molar-refractivity contribution in [1.82, 2.24) is 4.72 Å². The lowest BCUT2D eigenvalue weighted by molar-refractivity contribution is -0.138. The Morgan fingerprint density at radius 2 is 1.79 bits per heavy atom. The van der Waals surface area contributed by atoms with Gasteiger partial charge in [0.25, 0.3) is 0 Å². The first kappa shape index (κ1) is 18.8. The second kappa shape index (κ2) is 7.12. The fourth-order valence-corrected chi connectivity index (χ4v) is 3.49. The number of sulfonamides is 1. The van der Waals surface area contributed by atoms with Gasteiger partial charge in [-0.25, -0.2) is 13.1 Å². The molecule has 24 heavy (non-hydrogen) atoms. The van der Waals surface area contributed by atoms with Crippen LogP contribution in [0, 0.1) is 0 Å². The van der Waals surface area contributed by atoms with Crippen molar-refractivity contribution in [2.45, 2.75) is 17.6 Å². The number of halogens is 4. The van der Waals surface area contributed by atoms with Crippen LogP contribution >= 0.6 is 15.9 Å². The number of nitrogens with one attached hydrogen (secondary N) is 2. The minimum atomic E-state index is -4.43. The van der Waals surface area contributed by atoms with Gasteiger partial charge in [0, 0.05) is 16.7 Å². The summed E-state index contributed by atoms with van der Waals surface area (Å²) in [4.78, 5) is 0.0538. The Hall–Kier alpha value is -1.58. The number of alkyl halides is 3. The largest absolute Gasteiger partial charge is 0.416 e. The summed E-state index contributed by atoms with van der Waals surface area (Å²) in [5.41, 5.74) is -0.117. The van der Waals surface area contributed by atoms with Crippen molar-refractivity contribution in [3.8, 4) is 0 Å². The van der Waals surface area contributed by atoms with Crippen molar-refractivity contribution < 1.29 is 21.6 Å². The van der Waals surface area contributed by atoms with Gasteiger partial charge in [0.05, 0.1) is 10.5 Å². The van der Waals surface area contributed by atoms with Crippen molar-refractivity contribution >= 4 is 31.6 Å². The zero-order chi connectivity index (χ0) is 18.0. The Bertz CT molecular complexity index is 839. The molecule has 0 spiro atoms. The van der Waals surface area contributed by atoms with E-state index in [9.17, 15) is 21.6 Å². The molecule has 0 fully saturated rings. The van der Waals surface area contributed by atoms with E-state index in [0.29, 0.717) is 10.2 Å². The highest BCUT2D eigenvalue weighted by atomic mass is 79.9. The third-order valence-corrected chi connectivity index (χ3v) is 5.38. The van der Waals surface area contributed by atoms with Crippen molar-refractivity contribution in [2.75, 3.05) is 12.4 Å². The van der Waals surface area contributed by atoms with Crippen LogP contribution in [-0.2, 0) is 22.7 Å². The molecule has 0 aliphatic rings. The molecule has 0 radical (unpaired) electrons. The second-order valence-corrected chi connectivity index (χ2v) is 7.60. The molecule has 0 aromatic heterocycles. The van der Waals surface area contributed by atoms with Gasteiger partial charge >= 0.3 is 6.18 Å². The average Bonchev–Trinajstić information content (AvgIpc) is 2.53. The highest BCUT2D eigenvalue weighted by Crippen LogP contribution is 2.33. The topological polar surface area (TPSA) is 58.2 Å². The normalized spacial score (nSPS) is 12.2. The van der Waals surface area contributed by atoms with Crippen LogP contribution in [0.5, 0.6) is 0 Å². The summed E-state index contributed by atoms with van der Waals surface area (Å²) in [6.45, 7) is -0.0492. The maximum atomic E-state index is 13.0. The van der Waals surface area contributed by atoms with E-state index in [1.54, 1.807) is 0 Å². The van der Waals surface area contributed by atoms with Gasteiger partial charge in [0.1, 0.15) is 0 Å². The maximum Gasteiger partial charge on any atom is 0.416 e. The molecule has 0 aliphatic carbocycles. The molecule has 130 valence electrons. The summed E-state index contributed by atoms with van der Waals surface area (Å²) in [6.07, 6.45) is -4.43. The van der Waals surface area contributed by atoms with Crippen molar-refractivity contribution in [3.05, 3.63) is 58.1 Å². The van der Waals surface area contributed by atoms with Crippen LogP contribution in [0.1, 0.15) is 11.1 Å². The molecule has 2 aromatic carbocycles. The molecule has 0 aliphatic heterocycles. The van der Waals surface area contributed by atoms with E-state index in [0.717, 1.165) is 6.07 Å². The smallest absolute Gasteiger partial charge is 0.380 e. The Labute approximate surface area is 146 Å². The molecule has 0 heterocycles. The van der Waals surface area contributed by atoms with E-state index >= 15 is 0 Å². The number of rotatable bonds is 5. The fourth-order valence-electron chi connectivity index (χ4n) is 2.07. The molecule has 2 N–H and O–H groups in total. The quantitative estimate of drug-likeness (QED) is 0.765. The van der Waals surface area contributed by atoms with E-state index in [-0.39, 0.29) is 17.0 Å². The SMILES string of the molecule is CNS(=O)(=O)c1ccc(NCc2ccccc2C(F)(F)F)c(Br)c1. The molecule has 0 bridgehead atoms. The molecule has 2 aromatic rings. The standard InChI is InChI=1S/C15H14BrF3N2O2S/c1-20-24(22,23)11-6-7-14(13(16)8-11)21-9-10-4-2-3-5-12(10)15(17,18)19/h2-8,20-21H,9H2,1H3. The van der Waals surface area contributed by atoms with Crippen molar-refractivity contribution in [2.24, 2.45) is 0 Å². The van der Waals surface area contributed by atoms with Crippen LogP contribution in [0.2, 0.25) is 0 Å². The molecular weight excluding hydrogens is 409 g/mol. The minimum Gasteiger partial charge on any atom is -0.380 e. The third kappa shape index (κ3) is 4.28. The number of anilines is 1. The van der Waals surface area contributed by atoms with E-state index in [2.05, 4.69) is 26.0 Å². The van der Waals surface area contributed by atoms with Crippen LogP contribution in [-0.4, -0.2) is 15.5 Å². The van der Waals surface area contributed by atoms with E-state index in [1.165, 1.54) is 43.4 Å². The van der Waals surface area contributed by atoms with Crippen LogP contribution in [0.3, 0.4) is 0 Å². The zero-order valence-electron chi connectivity index (χ0n) is 12.5. The molecule has 2 rings (SSSR count). The molecule has 9 heteroatoms. The summed E-state index contributed by atoms with van der Waals surface area (Å²) >= 11 is 3.22. The minimum absolute atomic E-state index is 0.0492. The van der Waals surface area contributed by atoms with Gasteiger partial charge in [-0.05, 0) is 52.8 Å². The Kier molecular flexibility index (Phi) is 5.56. The summed E-state index contributed by atoms with van der Waals surface area (Å²) in [6, 6.07) is 9.52. The Balaban J connectivity index is 2.23. The van der Waals surface area contributed by atoms with E-state index < -0.39 is 21.8 Å². The van der Waals surface area contributed by atoms with Gasteiger partial charge in [-0.3, -0.25) is 0 Å². The van der Waals surface area contributed by atoms with Crippen LogP contribution < -0.4 is 10.0 Å². The van der Waals surface area contributed by atoms with Gasteiger partial charge in [-0.1, -0.05) is 18.2 Å². The van der Waals surface area contributed by atoms with Crippen molar-refractivity contribution in [3.63, 3.8) is 0 Å². The summed E-state index contributed by atoms with van der Waals surface area (Å²) in [5.74, 6) is 0. The molecule has 4 nitrogen and oxygen atoms in total. The van der Waals surface area contributed by atoms with Gasteiger partial charge in [0.15, 0.2) is 0 Å². The van der Waals surface area contributed by atoms with Crippen LogP contribution in [0.15, 0.2) is 51.8 Å². The first-order chi connectivity index (χ1) is 11.1. The van der Waals surface area contributed by atoms with Gasteiger partial charge in [-0.2, -0.15) is 13.2 Å². The molecule has 0 unspecified atom stereocenters. The zero-order valence-corrected chi connectivity index (χ0v) is 14.9. The molecule has 0 atom stereocenters. The average molecular weight is 423 g/mol. The van der Waals surface area contributed by atoms with E-state index in [1.807, 2.05) is 0 Å². The maximum absolute atomic E-state index is 13.0. The number of hydrogen-bond donors (Lipinski definition) is 2. The first-order valence-corrected chi connectivity index (χ1v) is 9.05. The summed E-state index contributed by atoms with van der Waals surface area (Å²) in [5, 5.41) is 2.88. The van der Waals surface area contributed by atoms with Gasteiger partial charge in [0.2, 0.25) is 10.0 Å². The van der Waals surface area contributed by atoms with Gasteiger partial charge < -0.3 is 5.32 Å². The summed E-state index contributed by atoms with van der Waals surface area (Å²) < 4.78 is 65.0. The molecule has 0 saturated heterocycles. The summed E-state index contributed by atoms with van der Waals surface area (Å²) in [7, 11) is -2.29. The number of benzene rings is 2. The van der Waals surface area contributed by atoms with E-state index in [4.69, 9.17) is 0 Å². The fraction of sp³-hybridized carbons (Fsp3) is 0.200. The first-order valence-electron chi connectivity index (χ1n) is 6.77. The Morgan fingerprint density at radius 3 is 2.38 bits per heavy atom. The number of hydrogen-bond acceptors (Lipinski definition) is 3. The lowest BCUT2D eigenvalue weighted by Crippen LogP contribution is -2.18. The third-order valence-electron chi connectivity index (χ3n) is 3.31. The Morgan fingerprint density at radius 1 is 1.12 bits per heavy atom. The predicted molar refractivity (Wildman–Crippen MR) is 89.2 cm³/mol. The molecule has 0 saturated carbocycles. The van der Waals surface area contributed by atoms with Crippen LogP contribution in [0.25, 0.3) is 0 Å². The van der Waals surface area contributed by atoms with Crippen molar-refractivity contribution in [1.29, 1.82) is 0 Å². The monoisotopic (exact) mass is 422 g/mol. The highest BCUT2D eigenvalue weighted by Gasteiger charge is 2.32. The van der Waals surface area contributed by atoms with Crippen LogP contribution in [0.4, 0.5) is 18.9 Å².